The Balaban J connectivity index is 0.00000169. The lowest BCUT2D eigenvalue weighted by molar-refractivity contribution is 0.259. The lowest BCUT2D eigenvalue weighted by Crippen LogP contribution is -2.32. The summed E-state index contributed by atoms with van der Waals surface area (Å²) in [5.41, 5.74) is 4.32. The summed E-state index contributed by atoms with van der Waals surface area (Å²) in [5.74, 6) is 1.37. The number of benzene rings is 2. The second-order valence-corrected chi connectivity index (χ2v) is 7.87. The van der Waals surface area contributed by atoms with Crippen molar-refractivity contribution < 1.29 is 0 Å². The first kappa shape index (κ1) is 18.1. The zero-order chi connectivity index (χ0) is 16.0. The van der Waals surface area contributed by atoms with E-state index < -0.39 is 0 Å². The van der Waals surface area contributed by atoms with Crippen LogP contribution in [-0.4, -0.2) is 24.5 Å². The standard InChI is InChI=1S/C20H21Cl2N.ClH/c1-23-12-19-17-8-6-16(22)11-14(17)5-7-18(19)20(23)10-13-3-2-4-15(21)9-13;/h2-4,6,8-9,11,18-20H,5,7,10,12H2,1H3;1H. The van der Waals surface area contributed by atoms with Crippen LogP contribution in [0.1, 0.15) is 29.0 Å². The number of hydrogen-bond donors (Lipinski definition) is 0. The summed E-state index contributed by atoms with van der Waals surface area (Å²) >= 11 is 12.3. The smallest absolute Gasteiger partial charge is 0.0408 e. The van der Waals surface area contributed by atoms with Crippen molar-refractivity contribution in [1.29, 1.82) is 0 Å². The molecule has 1 aliphatic carbocycles. The van der Waals surface area contributed by atoms with Gasteiger partial charge in [-0.3, -0.25) is 0 Å². The zero-order valence-electron chi connectivity index (χ0n) is 13.7. The van der Waals surface area contributed by atoms with Gasteiger partial charge in [0.25, 0.3) is 0 Å². The highest BCUT2D eigenvalue weighted by atomic mass is 35.5. The van der Waals surface area contributed by atoms with Crippen LogP contribution in [0.5, 0.6) is 0 Å². The van der Waals surface area contributed by atoms with Crippen LogP contribution in [0.3, 0.4) is 0 Å². The summed E-state index contributed by atoms with van der Waals surface area (Å²) in [6, 6.07) is 15.4. The quantitative estimate of drug-likeness (QED) is 0.651. The average Bonchev–Trinajstić information content (AvgIpc) is 2.83. The Kier molecular flexibility index (Phi) is 5.46. The maximum Gasteiger partial charge on any atom is 0.0408 e. The van der Waals surface area contributed by atoms with Gasteiger partial charge in [0, 0.05) is 28.5 Å². The van der Waals surface area contributed by atoms with Crippen LogP contribution in [-0.2, 0) is 12.8 Å². The molecule has 0 bridgehead atoms. The molecule has 2 aromatic carbocycles. The number of nitrogens with zero attached hydrogens (tertiary/aromatic N) is 1. The molecule has 2 aliphatic rings. The summed E-state index contributed by atoms with van der Waals surface area (Å²) in [6.45, 7) is 1.14. The van der Waals surface area contributed by atoms with Crippen LogP contribution >= 0.6 is 35.6 Å². The van der Waals surface area contributed by atoms with Gasteiger partial charge in [-0.05, 0) is 73.2 Å². The highest BCUT2D eigenvalue weighted by Gasteiger charge is 2.42. The lowest BCUT2D eigenvalue weighted by atomic mass is 9.73. The summed E-state index contributed by atoms with van der Waals surface area (Å²) in [5, 5.41) is 1.70. The van der Waals surface area contributed by atoms with E-state index in [-0.39, 0.29) is 12.4 Å². The number of rotatable bonds is 2. The monoisotopic (exact) mass is 381 g/mol. The van der Waals surface area contributed by atoms with Crippen LogP contribution in [0.15, 0.2) is 42.5 Å². The Morgan fingerprint density at radius 2 is 1.88 bits per heavy atom. The molecule has 0 spiro atoms. The minimum atomic E-state index is 0. The minimum absolute atomic E-state index is 0. The number of halogens is 3. The van der Waals surface area contributed by atoms with Gasteiger partial charge in [-0.2, -0.15) is 0 Å². The van der Waals surface area contributed by atoms with E-state index in [1.807, 2.05) is 12.1 Å². The third-order valence-electron chi connectivity index (χ3n) is 5.65. The molecule has 0 N–H and O–H groups in total. The molecule has 24 heavy (non-hydrogen) atoms. The Morgan fingerprint density at radius 1 is 1.08 bits per heavy atom. The van der Waals surface area contributed by atoms with Crippen molar-refractivity contribution >= 4 is 35.6 Å². The maximum absolute atomic E-state index is 6.18. The van der Waals surface area contributed by atoms with Crippen molar-refractivity contribution in [1.82, 2.24) is 4.90 Å². The van der Waals surface area contributed by atoms with E-state index in [2.05, 4.69) is 42.3 Å². The minimum Gasteiger partial charge on any atom is -0.302 e. The normalized spacial score (nSPS) is 25.7. The predicted octanol–water partition coefficient (Wildman–Crippen LogP) is 5.62. The highest BCUT2D eigenvalue weighted by molar-refractivity contribution is 6.30. The van der Waals surface area contributed by atoms with Gasteiger partial charge in [-0.15, -0.1) is 12.4 Å². The van der Waals surface area contributed by atoms with Gasteiger partial charge in [0.2, 0.25) is 0 Å². The third-order valence-corrected chi connectivity index (χ3v) is 6.12. The first-order valence-electron chi connectivity index (χ1n) is 8.35. The number of hydrogen-bond acceptors (Lipinski definition) is 1. The molecule has 1 aliphatic heterocycles. The van der Waals surface area contributed by atoms with E-state index in [0.29, 0.717) is 12.0 Å². The van der Waals surface area contributed by atoms with Crippen molar-refractivity contribution in [2.75, 3.05) is 13.6 Å². The van der Waals surface area contributed by atoms with Gasteiger partial charge >= 0.3 is 0 Å². The molecule has 2 aromatic rings. The molecule has 1 saturated heterocycles. The molecule has 1 fully saturated rings. The van der Waals surface area contributed by atoms with E-state index in [0.717, 1.165) is 35.3 Å². The van der Waals surface area contributed by atoms with Crippen molar-refractivity contribution in [3.05, 3.63) is 69.2 Å². The first-order valence-corrected chi connectivity index (χ1v) is 9.10. The van der Waals surface area contributed by atoms with E-state index in [1.165, 1.54) is 23.1 Å². The van der Waals surface area contributed by atoms with Crippen molar-refractivity contribution in [3.63, 3.8) is 0 Å². The third kappa shape index (κ3) is 3.32. The van der Waals surface area contributed by atoms with Crippen LogP contribution < -0.4 is 0 Å². The van der Waals surface area contributed by atoms with Crippen molar-refractivity contribution in [2.24, 2.45) is 5.92 Å². The second kappa shape index (κ2) is 7.25. The van der Waals surface area contributed by atoms with Crippen LogP contribution in [0.25, 0.3) is 0 Å². The Labute approximate surface area is 160 Å². The van der Waals surface area contributed by atoms with Gasteiger partial charge in [-0.1, -0.05) is 41.4 Å². The first-order chi connectivity index (χ1) is 11.1. The fourth-order valence-electron chi connectivity index (χ4n) is 4.59. The molecule has 0 aromatic heterocycles. The fraction of sp³-hybridized carbons (Fsp3) is 0.400. The summed E-state index contributed by atoms with van der Waals surface area (Å²) in [7, 11) is 2.27. The summed E-state index contributed by atoms with van der Waals surface area (Å²) < 4.78 is 0. The zero-order valence-corrected chi connectivity index (χ0v) is 16.0. The molecule has 4 heteroatoms. The predicted molar refractivity (Wildman–Crippen MR) is 105 cm³/mol. The SMILES string of the molecule is CN1CC2c3ccc(Cl)cc3CCC2C1Cc1cccc(Cl)c1.Cl. The maximum atomic E-state index is 6.18. The number of likely N-dealkylation sites (N-methyl/N-ethyl adjacent to an activating group) is 1. The molecule has 3 unspecified atom stereocenters. The Morgan fingerprint density at radius 3 is 2.67 bits per heavy atom. The van der Waals surface area contributed by atoms with E-state index in [4.69, 9.17) is 23.2 Å². The number of likely N-dealkylation sites (tertiary alicyclic amines) is 1. The van der Waals surface area contributed by atoms with Crippen molar-refractivity contribution in [3.8, 4) is 0 Å². The number of aryl methyl sites for hydroxylation is 1. The van der Waals surface area contributed by atoms with E-state index in [1.54, 1.807) is 0 Å². The van der Waals surface area contributed by atoms with E-state index in [9.17, 15) is 0 Å². The van der Waals surface area contributed by atoms with Gasteiger partial charge in [0.15, 0.2) is 0 Å². The molecule has 0 saturated carbocycles. The summed E-state index contributed by atoms with van der Waals surface area (Å²) in [4.78, 5) is 2.54. The lowest BCUT2D eigenvalue weighted by Gasteiger charge is -2.31. The van der Waals surface area contributed by atoms with Gasteiger partial charge < -0.3 is 4.90 Å². The molecule has 128 valence electrons. The Bertz CT molecular complexity index is 731. The summed E-state index contributed by atoms with van der Waals surface area (Å²) in [6.07, 6.45) is 3.49. The molecule has 0 amide bonds. The molecule has 4 rings (SSSR count). The molecule has 1 heterocycles. The number of fused-ring (bicyclic) bond motifs is 3. The second-order valence-electron chi connectivity index (χ2n) is 6.99. The molecular formula is C20H22Cl3N. The van der Waals surface area contributed by atoms with Gasteiger partial charge in [0.05, 0.1) is 0 Å². The van der Waals surface area contributed by atoms with Gasteiger partial charge in [0.1, 0.15) is 0 Å². The van der Waals surface area contributed by atoms with Crippen LogP contribution in [0, 0.1) is 5.92 Å². The molecule has 3 atom stereocenters. The highest BCUT2D eigenvalue weighted by Crippen LogP contribution is 2.45. The molecular weight excluding hydrogens is 361 g/mol. The van der Waals surface area contributed by atoms with Gasteiger partial charge in [-0.25, -0.2) is 0 Å². The fourth-order valence-corrected chi connectivity index (χ4v) is 4.99. The topological polar surface area (TPSA) is 3.24 Å². The Hall–Kier alpha value is -0.730. The van der Waals surface area contributed by atoms with Crippen LogP contribution in [0.2, 0.25) is 10.0 Å². The van der Waals surface area contributed by atoms with E-state index >= 15 is 0 Å². The average molecular weight is 383 g/mol. The molecule has 0 radical (unpaired) electrons. The van der Waals surface area contributed by atoms with Crippen molar-refractivity contribution in [2.45, 2.75) is 31.2 Å². The van der Waals surface area contributed by atoms with Crippen LogP contribution in [0.4, 0.5) is 0 Å². The largest absolute Gasteiger partial charge is 0.302 e. The molecule has 1 nitrogen and oxygen atoms in total.